The number of alkyl halides is 4. The first kappa shape index (κ1) is 30.4. The number of thiazole rings is 1. The molecule has 5 rings (SSSR count). The lowest BCUT2D eigenvalue weighted by molar-refractivity contribution is -0.133. The number of carbonyl (C=O) groups is 1. The first-order chi connectivity index (χ1) is 19.9. The highest BCUT2D eigenvalue weighted by Gasteiger charge is 2.32. The third kappa shape index (κ3) is 6.76. The third-order valence-corrected chi connectivity index (χ3v) is 9.04. The van der Waals surface area contributed by atoms with E-state index >= 15 is 0 Å². The van der Waals surface area contributed by atoms with Gasteiger partial charge in [0.15, 0.2) is 6.10 Å². The molecule has 0 radical (unpaired) electrons. The zero-order valence-electron chi connectivity index (χ0n) is 21.6. The number of amides is 1. The van der Waals surface area contributed by atoms with Gasteiger partial charge in [0.05, 0.1) is 26.6 Å². The van der Waals surface area contributed by atoms with Crippen molar-refractivity contribution in [1.29, 1.82) is 0 Å². The Bertz CT molecular complexity index is 1610. The van der Waals surface area contributed by atoms with E-state index in [1.165, 1.54) is 22.3 Å². The second kappa shape index (κ2) is 12.3. The van der Waals surface area contributed by atoms with Crippen LogP contribution in [0.5, 0.6) is 0 Å². The lowest BCUT2D eigenvalue weighted by Gasteiger charge is -2.31. The van der Waals surface area contributed by atoms with Crippen LogP contribution in [0.25, 0.3) is 0 Å². The molecule has 0 spiro atoms. The molecule has 42 heavy (non-hydrogen) atoms. The smallest absolute Gasteiger partial charge is 0.282 e. The van der Waals surface area contributed by atoms with Crippen molar-refractivity contribution in [3.63, 3.8) is 0 Å². The minimum absolute atomic E-state index is 0.0238. The standard InChI is InChI=1S/C25H24ClF4N5O5S2/c26-15-3-1-2-14(12-42(37,38)39)22(15)20-9-16(33-40-20)18-11-41-25(31-18)13-4-6-34(7-5-13)21(36)10-35-19(24(29)30)8-17(32-35)23(27)28/h1-3,8,11,13,20,23-24H,4-7,9-10,12H2,(H,37,38,39)/p-1. The van der Waals surface area contributed by atoms with Gasteiger partial charge in [0.25, 0.3) is 12.9 Å². The van der Waals surface area contributed by atoms with Crippen LogP contribution >= 0.6 is 22.9 Å². The van der Waals surface area contributed by atoms with Crippen LogP contribution in [-0.4, -0.2) is 57.3 Å². The van der Waals surface area contributed by atoms with Gasteiger partial charge in [-0.1, -0.05) is 28.9 Å². The SMILES string of the molecule is O=C(Cn1nc(C(F)F)cc1C(F)F)N1CCC(c2nc(C3=NOC(c4c(Cl)cccc4CS(=O)(=O)[O-])C3)cs2)CC1. The number of oxime groups is 1. The molecule has 4 heterocycles. The Labute approximate surface area is 246 Å². The van der Waals surface area contributed by atoms with E-state index in [0.717, 1.165) is 5.01 Å². The molecule has 0 N–H and O–H groups in total. The van der Waals surface area contributed by atoms with Gasteiger partial charge >= 0.3 is 0 Å². The molecule has 0 aliphatic carbocycles. The van der Waals surface area contributed by atoms with Gasteiger partial charge in [-0.2, -0.15) is 5.10 Å². The maximum Gasteiger partial charge on any atom is 0.282 e. The average molecular weight is 649 g/mol. The van der Waals surface area contributed by atoms with Gasteiger partial charge in [-0.15, -0.1) is 11.3 Å². The number of hydrogen-bond donors (Lipinski definition) is 0. The van der Waals surface area contributed by atoms with Crippen molar-refractivity contribution >= 4 is 44.7 Å². The highest BCUT2D eigenvalue weighted by molar-refractivity contribution is 7.84. The molecule has 2 aliphatic heterocycles. The molecule has 2 aromatic heterocycles. The summed E-state index contributed by atoms with van der Waals surface area (Å²) in [6.07, 6.45) is -5.40. The van der Waals surface area contributed by atoms with Gasteiger partial charge in [0, 0.05) is 41.4 Å². The lowest BCUT2D eigenvalue weighted by Crippen LogP contribution is -2.40. The zero-order chi connectivity index (χ0) is 30.2. The highest BCUT2D eigenvalue weighted by atomic mass is 35.5. The Hall–Kier alpha value is -3.08. The van der Waals surface area contributed by atoms with Gasteiger partial charge < -0.3 is 14.3 Å². The predicted octanol–water partition coefficient (Wildman–Crippen LogP) is 5.19. The second-order valence-corrected chi connectivity index (χ2v) is 12.5. The first-order valence-corrected chi connectivity index (χ1v) is 15.5. The fraction of sp³-hybridized carbons (Fsp3) is 0.440. The summed E-state index contributed by atoms with van der Waals surface area (Å²) in [4.78, 5) is 24.5. The Morgan fingerprint density at radius 3 is 2.60 bits per heavy atom. The van der Waals surface area contributed by atoms with Crippen molar-refractivity contribution in [2.24, 2.45) is 5.16 Å². The van der Waals surface area contributed by atoms with Gasteiger partial charge in [0.1, 0.15) is 23.6 Å². The molecule has 3 aromatic rings. The van der Waals surface area contributed by atoms with E-state index in [2.05, 4.69) is 10.3 Å². The van der Waals surface area contributed by atoms with Gasteiger partial charge in [-0.05, 0) is 30.5 Å². The Morgan fingerprint density at radius 2 is 1.93 bits per heavy atom. The van der Waals surface area contributed by atoms with Gasteiger partial charge in [-0.25, -0.2) is 31.0 Å². The number of halogens is 5. The Morgan fingerprint density at radius 1 is 1.19 bits per heavy atom. The Balaban J connectivity index is 1.19. The summed E-state index contributed by atoms with van der Waals surface area (Å²) in [5, 5.41) is 10.5. The third-order valence-electron chi connectivity index (χ3n) is 7.04. The summed E-state index contributed by atoms with van der Waals surface area (Å²) in [5.74, 6) is -1.20. The number of piperidine rings is 1. The summed E-state index contributed by atoms with van der Waals surface area (Å²) in [6, 6.07) is 5.24. The molecule has 10 nitrogen and oxygen atoms in total. The molecule has 17 heteroatoms. The molecule has 1 amide bonds. The van der Waals surface area contributed by atoms with Crippen molar-refractivity contribution < 1.29 is 40.2 Å². The fourth-order valence-corrected chi connectivity index (χ4v) is 6.96. The molecule has 226 valence electrons. The quantitative estimate of drug-likeness (QED) is 0.231. The Kier molecular flexibility index (Phi) is 8.87. The topological polar surface area (TPSA) is 130 Å². The van der Waals surface area contributed by atoms with Crippen LogP contribution in [-0.2, 0) is 32.0 Å². The number of carbonyl (C=O) groups excluding carboxylic acids is 1. The van der Waals surface area contributed by atoms with Crippen LogP contribution in [0.3, 0.4) is 0 Å². The monoisotopic (exact) mass is 648 g/mol. The summed E-state index contributed by atoms with van der Waals surface area (Å²) in [6.45, 7) is 0.0954. The largest absolute Gasteiger partial charge is 0.748 e. The van der Waals surface area contributed by atoms with Crippen LogP contribution in [0.1, 0.15) is 77.4 Å². The summed E-state index contributed by atoms with van der Waals surface area (Å²) in [5.41, 5.74) is 0.198. The van der Waals surface area contributed by atoms with E-state index in [0.29, 0.717) is 53.6 Å². The maximum absolute atomic E-state index is 13.3. The van der Waals surface area contributed by atoms with Gasteiger partial charge in [-0.3, -0.25) is 9.48 Å². The van der Waals surface area contributed by atoms with Crippen LogP contribution in [0.15, 0.2) is 34.8 Å². The summed E-state index contributed by atoms with van der Waals surface area (Å²) >= 11 is 7.73. The molecule has 2 aliphatic rings. The maximum atomic E-state index is 13.3. The van der Waals surface area contributed by atoms with E-state index in [-0.39, 0.29) is 22.9 Å². The molecule has 1 aromatic carbocycles. The minimum Gasteiger partial charge on any atom is -0.748 e. The summed E-state index contributed by atoms with van der Waals surface area (Å²) < 4.78 is 87.1. The predicted molar refractivity (Wildman–Crippen MR) is 143 cm³/mol. The van der Waals surface area contributed by atoms with E-state index in [1.54, 1.807) is 12.1 Å². The zero-order valence-corrected chi connectivity index (χ0v) is 24.0. The molecule has 1 unspecified atom stereocenters. The fourth-order valence-electron chi connectivity index (χ4n) is 5.01. The molecular weight excluding hydrogens is 626 g/mol. The van der Waals surface area contributed by atoms with Crippen LogP contribution in [0, 0.1) is 0 Å². The van der Waals surface area contributed by atoms with E-state index in [9.17, 15) is 35.3 Å². The van der Waals surface area contributed by atoms with Crippen molar-refractivity contribution in [2.45, 2.75) is 56.4 Å². The molecule has 1 saturated heterocycles. The molecule has 1 fully saturated rings. The van der Waals surface area contributed by atoms with Crippen LogP contribution < -0.4 is 0 Å². The number of aromatic nitrogens is 3. The van der Waals surface area contributed by atoms with Crippen molar-refractivity contribution in [1.82, 2.24) is 19.7 Å². The van der Waals surface area contributed by atoms with Crippen LogP contribution in [0.2, 0.25) is 5.02 Å². The number of rotatable bonds is 9. The normalized spacial score (nSPS) is 18.1. The number of nitrogens with zero attached hydrogens (tertiary/aromatic N) is 5. The van der Waals surface area contributed by atoms with Crippen molar-refractivity contribution in [3.05, 3.63) is 67.9 Å². The van der Waals surface area contributed by atoms with Crippen molar-refractivity contribution in [3.8, 4) is 0 Å². The molecule has 0 saturated carbocycles. The number of hydrogen-bond acceptors (Lipinski definition) is 9. The first-order valence-electron chi connectivity index (χ1n) is 12.7. The van der Waals surface area contributed by atoms with E-state index in [1.807, 2.05) is 5.38 Å². The molecular formula is C25H23ClF4N5O5S2-. The molecule has 0 bridgehead atoms. The molecule has 1 atom stereocenters. The highest BCUT2D eigenvalue weighted by Crippen LogP contribution is 2.38. The summed E-state index contributed by atoms with van der Waals surface area (Å²) in [7, 11) is -4.55. The van der Waals surface area contributed by atoms with Crippen LogP contribution in [0.4, 0.5) is 17.6 Å². The van der Waals surface area contributed by atoms with Gasteiger partial charge in [0.2, 0.25) is 5.91 Å². The lowest BCUT2D eigenvalue weighted by atomic mass is 9.97. The number of benzene rings is 1. The average Bonchev–Trinajstić information content (AvgIpc) is 3.68. The van der Waals surface area contributed by atoms with E-state index < -0.39 is 58.7 Å². The number of likely N-dealkylation sites (tertiary alicyclic amines) is 1. The second-order valence-electron chi connectivity index (χ2n) is 9.83. The minimum atomic E-state index is -4.55. The van der Waals surface area contributed by atoms with E-state index in [4.69, 9.17) is 21.4 Å². The van der Waals surface area contributed by atoms with Crippen molar-refractivity contribution in [2.75, 3.05) is 13.1 Å².